The molecule has 102 valence electrons. The monoisotopic (exact) mass is 299 g/mol. The van der Waals surface area contributed by atoms with Gasteiger partial charge in [0.1, 0.15) is 0 Å². The van der Waals surface area contributed by atoms with Crippen LogP contribution in [0.1, 0.15) is 26.6 Å². The van der Waals surface area contributed by atoms with Crippen LogP contribution >= 0.6 is 23.2 Å². The van der Waals surface area contributed by atoms with Crippen LogP contribution < -0.4 is 5.32 Å². The molecule has 7 heteroatoms. The van der Waals surface area contributed by atoms with Crippen LogP contribution in [-0.4, -0.2) is 25.7 Å². The Kier molecular flexibility index (Phi) is 4.08. The molecule has 1 heterocycles. The lowest BCUT2D eigenvalue weighted by molar-refractivity contribution is 0.415. The Morgan fingerprint density at radius 2 is 2.00 bits per heavy atom. The van der Waals surface area contributed by atoms with Crippen molar-refractivity contribution in [2.75, 3.05) is 0 Å². The molecule has 0 saturated heterocycles. The first kappa shape index (κ1) is 14.2. The van der Waals surface area contributed by atoms with Crippen LogP contribution in [0.2, 0.25) is 10.0 Å². The van der Waals surface area contributed by atoms with Crippen molar-refractivity contribution in [2.24, 2.45) is 0 Å². The molecule has 1 aromatic carbocycles. The Morgan fingerprint density at radius 3 is 2.68 bits per heavy atom. The molecule has 0 radical (unpaired) electrons. The van der Waals surface area contributed by atoms with Gasteiger partial charge >= 0.3 is 0 Å². The molecule has 2 rings (SSSR count). The third-order valence-corrected chi connectivity index (χ3v) is 3.28. The number of nitrogens with zero attached hydrogens (tertiary/aromatic N) is 4. The van der Waals surface area contributed by atoms with Crippen LogP contribution in [0.5, 0.6) is 0 Å². The van der Waals surface area contributed by atoms with Gasteiger partial charge in [-0.15, -0.1) is 5.10 Å². The highest BCUT2D eigenvalue weighted by Gasteiger charge is 2.15. The molecule has 0 bridgehead atoms. The molecule has 2 aromatic rings. The topological polar surface area (TPSA) is 55.6 Å². The van der Waals surface area contributed by atoms with Gasteiger partial charge in [0.25, 0.3) is 0 Å². The second-order valence-electron chi connectivity index (χ2n) is 5.18. The molecule has 0 amide bonds. The summed E-state index contributed by atoms with van der Waals surface area (Å²) >= 11 is 12.2. The fraction of sp³-hybridized carbons (Fsp3) is 0.417. The van der Waals surface area contributed by atoms with Crippen molar-refractivity contribution < 1.29 is 0 Å². The van der Waals surface area contributed by atoms with Crippen molar-refractivity contribution in [3.8, 4) is 5.69 Å². The zero-order valence-electron chi connectivity index (χ0n) is 11.0. The van der Waals surface area contributed by atoms with E-state index < -0.39 is 0 Å². The number of rotatable bonds is 3. The Hall–Kier alpha value is -1.17. The maximum atomic E-state index is 6.18. The molecule has 0 unspecified atom stereocenters. The first-order valence-corrected chi connectivity index (χ1v) is 6.61. The Bertz CT molecular complexity index is 574. The quantitative estimate of drug-likeness (QED) is 0.947. The van der Waals surface area contributed by atoms with Gasteiger partial charge in [-0.3, -0.25) is 0 Å². The molecule has 0 atom stereocenters. The third kappa shape index (κ3) is 3.43. The van der Waals surface area contributed by atoms with Crippen LogP contribution in [0, 0.1) is 0 Å². The maximum absolute atomic E-state index is 6.18. The lowest BCUT2D eigenvalue weighted by Crippen LogP contribution is -2.35. The van der Waals surface area contributed by atoms with Crippen molar-refractivity contribution in [1.29, 1.82) is 0 Å². The molecule has 0 spiro atoms. The summed E-state index contributed by atoms with van der Waals surface area (Å²) in [5.74, 6) is 0.680. The van der Waals surface area contributed by atoms with Gasteiger partial charge in [-0.05, 0) is 43.3 Å². The van der Waals surface area contributed by atoms with E-state index in [9.17, 15) is 0 Å². The Labute approximate surface area is 121 Å². The molecule has 5 nitrogen and oxygen atoms in total. The van der Waals surface area contributed by atoms with E-state index in [4.69, 9.17) is 23.2 Å². The minimum absolute atomic E-state index is 0.0189. The summed E-state index contributed by atoms with van der Waals surface area (Å²) in [6, 6.07) is 5.36. The van der Waals surface area contributed by atoms with Gasteiger partial charge < -0.3 is 5.32 Å². The molecule has 0 aliphatic rings. The summed E-state index contributed by atoms with van der Waals surface area (Å²) in [6.45, 7) is 6.77. The Balaban J connectivity index is 2.31. The van der Waals surface area contributed by atoms with Gasteiger partial charge in [-0.25, -0.2) is 0 Å². The summed E-state index contributed by atoms with van der Waals surface area (Å²) in [5.41, 5.74) is 0.652. The highest BCUT2D eigenvalue weighted by Crippen LogP contribution is 2.28. The summed E-state index contributed by atoms with van der Waals surface area (Å²) in [7, 11) is 0. The van der Waals surface area contributed by atoms with Crippen LogP contribution in [0.4, 0.5) is 0 Å². The van der Waals surface area contributed by atoms with E-state index in [2.05, 4.69) is 41.6 Å². The number of hydrogen-bond donors (Lipinski definition) is 1. The number of aromatic nitrogens is 4. The molecular formula is C12H15Cl2N5. The predicted octanol–water partition coefficient (Wildman–Crippen LogP) is 2.86. The smallest absolute Gasteiger partial charge is 0.170 e. The normalized spacial score (nSPS) is 11.8. The van der Waals surface area contributed by atoms with Crippen LogP contribution in [-0.2, 0) is 6.54 Å². The highest BCUT2D eigenvalue weighted by atomic mass is 35.5. The van der Waals surface area contributed by atoms with E-state index in [-0.39, 0.29) is 5.54 Å². The zero-order chi connectivity index (χ0) is 14.0. The van der Waals surface area contributed by atoms with E-state index in [0.717, 1.165) is 0 Å². The number of nitrogens with one attached hydrogen (secondary N) is 1. The number of hydrogen-bond acceptors (Lipinski definition) is 4. The van der Waals surface area contributed by atoms with Crippen molar-refractivity contribution >= 4 is 23.2 Å². The van der Waals surface area contributed by atoms with E-state index in [1.165, 1.54) is 0 Å². The molecular weight excluding hydrogens is 285 g/mol. The predicted molar refractivity (Wildman–Crippen MR) is 75.8 cm³/mol. The lowest BCUT2D eigenvalue weighted by atomic mass is 10.1. The molecule has 0 saturated carbocycles. The zero-order valence-corrected chi connectivity index (χ0v) is 12.5. The summed E-state index contributed by atoms with van der Waals surface area (Å²) in [4.78, 5) is 0. The highest BCUT2D eigenvalue weighted by molar-refractivity contribution is 6.43. The third-order valence-electron chi connectivity index (χ3n) is 2.47. The van der Waals surface area contributed by atoms with Gasteiger partial charge in [0.15, 0.2) is 5.82 Å². The molecule has 1 N–H and O–H groups in total. The Morgan fingerprint density at radius 1 is 1.26 bits per heavy atom. The minimum atomic E-state index is -0.0189. The summed E-state index contributed by atoms with van der Waals surface area (Å²) in [6.07, 6.45) is 0. The van der Waals surface area contributed by atoms with Crippen molar-refractivity contribution in [1.82, 2.24) is 25.5 Å². The fourth-order valence-electron chi connectivity index (χ4n) is 1.50. The standard InChI is InChI=1S/C12H15Cl2N5/c1-12(2,3)15-7-10-16-17-18-19(10)9-6-4-5-8(13)11(9)14/h4-6,15H,7H2,1-3H3. The van der Waals surface area contributed by atoms with E-state index in [1.807, 2.05) is 12.1 Å². The van der Waals surface area contributed by atoms with Crippen molar-refractivity contribution in [3.63, 3.8) is 0 Å². The van der Waals surface area contributed by atoms with Crippen molar-refractivity contribution in [3.05, 3.63) is 34.1 Å². The lowest BCUT2D eigenvalue weighted by Gasteiger charge is -2.20. The first-order chi connectivity index (χ1) is 8.88. The molecule has 0 aliphatic heterocycles. The van der Waals surface area contributed by atoms with Gasteiger partial charge in [-0.2, -0.15) is 4.68 Å². The molecule has 0 fully saturated rings. The average molecular weight is 300 g/mol. The fourth-order valence-corrected chi connectivity index (χ4v) is 1.88. The van der Waals surface area contributed by atoms with Gasteiger partial charge in [-0.1, -0.05) is 29.3 Å². The van der Waals surface area contributed by atoms with Gasteiger partial charge in [0.05, 0.1) is 22.3 Å². The summed E-state index contributed by atoms with van der Waals surface area (Å²) < 4.78 is 1.59. The van der Waals surface area contributed by atoms with E-state index >= 15 is 0 Å². The number of halogens is 2. The molecule has 1 aromatic heterocycles. The second kappa shape index (κ2) is 5.45. The number of tetrazole rings is 1. The van der Waals surface area contributed by atoms with Crippen LogP contribution in [0.3, 0.4) is 0 Å². The van der Waals surface area contributed by atoms with Gasteiger partial charge in [0.2, 0.25) is 0 Å². The van der Waals surface area contributed by atoms with Crippen molar-refractivity contribution in [2.45, 2.75) is 32.9 Å². The summed E-state index contributed by atoms with van der Waals surface area (Å²) in [5, 5.41) is 15.9. The second-order valence-corrected chi connectivity index (χ2v) is 5.97. The van der Waals surface area contributed by atoms with Gasteiger partial charge in [0, 0.05) is 5.54 Å². The van der Waals surface area contributed by atoms with E-state index in [1.54, 1.807) is 10.7 Å². The molecule has 19 heavy (non-hydrogen) atoms. The van der Waals surface area contributed by atoms with Crippen LogP contribution in [0.15, 0.2) is 18.2 Å². The number of benzene rings is 1. The first-order valence-electron chi connectivity index (χ1n) is 5.85. The largest absolute Gasteiger partial charge is 0.305 e. The minimum Gasteiger partial charge on any atom is -0.305 e. The van der Waals surface area contributed by atoms with Crippen LogP contribution in [0.25, 0.3) is 5.69 Å². The maximum Gasteiger partial charge on any atom is 0.170 e. The SMILES string of the molecule is CC(C)(C)NCc1nnnn1-c1cccc(Cl)c1Cl. The average Bonchev–Trinajstić information content (AvgIpc) is 2.77. The van der Waals surface area contributed by atoms with E-state index in [0.29, 0.717) is 28.1 Å². The molecule has 0 aliphatic carbocycles.